The standard InChI is InChI=1S/C13H15FN2O2/c1-13(2)17-8-11(18-13)7-16-12-4-3-10(14)5-9(12)6-15/h3-5,11,16H,7-8H2,1-2H3. The van der Waals surface area contributed by atoms with Gasteiger partial charge in [0, 0.05) is 6.54 Å². The fourth-order valence-corrected chi connectivity index (χ4v) is 1.85. The molecule has 18 heavy (non-hydrogen) atoms. The van der Waals surface area contributed by atoms with Gasteiger partial charge < -0.3 is 14.8 Å². The van der Waals surface area contributed by atoms with Gasteiger partial charge in [0.05, 0.1) is 17.9 Å². The second-order valence-corrected chi connectivity index (χ2v) is 4.63. The summed E-state index contributed by atoms with van der Waals surface area (Å²) in [5, 5.41) is 12.0. The number of benzene rings is 1. The molecule has 0 saturated carbocycles. The van der Waals surface area contributed by atoms with Crippen LogP contribution < -0.4 is 5.32 Å². The number of nitrogens with zero attached hydrogens (tertiary/aromatic N) is 1. The number of nitrogens with one attached hydrogen (secondary N) is 1. The monoisotopic (exact) mass is 250 g/mol. The highest BCUT2D eigenvalue weighted by atomic mass is 19.1. The largest absolute Gasteiger partial charge is 0.381 e. The maximum Gasteiger partial charge on any atom is 0.163 e. The molecule has 2 rings (SSSR count). The Morgan fingerprint density at radius 1 is 1.56 bits per heavy atom. The van der Waals surface area contributed by atoms with Crippen LogP contribution in [0.4, 0.5) is 10.1 Å². The molecule has 1 fully saturated rings. The first-order valence-electron chi connectivity index (χ1n) is 5.75. The molecule has 0 amide bonds. The van der Waals surface area contributed by atoms with Gasteiger partial charge in [-0.3, -0.25) is 0 Å². The Balaban J connectivity index is 1.97. The van der Waals surface area contributed by atoms with Crippen molar-refractivity contribution in [1.82, 2.24) is 0 Å². The van der Waals surface area contributed by atoms with E-state index in [1.54, 1.807) is 6.07 Å². The minimum absolute atomic E-state index is 0.0726. The van der Waals surface area contributed by atoms with Crippen molar-refractivity contribution in [2.45, 2.75) is 25.7 Å². The predicted octanol–water partition coefficient (Wildman–Crippen LogP) is 2.26. The Bertz CT molecular complexity index is 482. The van der Waals surface area contributed by atoms with Gasteiger partial charge in [-0.05, 0) is 32.0 Å². The maximum atomic E-state index is 13.0. The molecule has 1 saturated heterocycles. The molecule has 4 nitrogen and oxygen atoms in total. The van der Waals surface area contributed by atoms with E-state index in [0.717, 1.165) is 0 Å². The van der Waals surface area contributed by atoms with Crippen LogP contribution in [-0.4, -0.2) is 25.0 Å². The lowest BCUT2D eigenvalue weighted by Gasteiger charge is -2.17. The van der Waals surface area contributed by atoms with E-state index in [1.807, 2.05) is 19.9 Å². The Morgan fingerprint density at radius 3 is 2.94 bits per heavy atom. The van der Waals surface area contributed by atoms with Crippen LogP contribution in [0.15, 0.2) is 18.2 Å². The van der Waals surface area contributed by atoms with E-state index in [2.05, 4.69) is 5.32 Å². The zero-order valence-corrected chi connectivity index (χ0v) is 10.4. The van der Waals surface area contributed by atoms with Crippen molar-refractivity contribution in [2.75, 3.05) is 18.5 Å². The molecule has 1 atom stereocenters. The van der Waals surface area contributed by atoms with Crippen molar-refractivity contribution in [1.29, 1.82) is 5.26 Å². The molecule has 0 bridgehead atoms. The summed E-state index contributed by atoms with van der Waals surface area (Å²) in [4.78, 5) is 0. The van der Waals surface area contributed by atoms with Gasteiger partial charge in [0.1, 0.15) is 18.0 Å². The van der Waals surface area contributed by atoms with E-state index in [0.29, 0.717) is 18.8 Å². The van der Waals surface area contributed by atoms with E-state index in [-0.39, 0.29) is 11.7 Å². The van der Waals surface area contributed by atoms with Crippen molar-refractivity contribution in [2.24, 2.45) is 0 Å². The van der Waals surface area contributed by atoms with Gasteiger partial charge in [-0.1, -0.05) is 0 Å². The van der Waals surface area contributed by atoms with Crippen LogP contribution >= 0.6 is 0 Å². The SMILES string of the molecule is CC1(C)OCC(CNc2ccc(F)cc2C#N)O1. The van der Waals surface area contributed by atoms with Crippen LogP contribution in [0.1, 0.15) is 19.4 Å². The molecule has 1 aliphatic heterocycles. The van der Waals surface area contributed by atoms with Gasteiger partial charge in [-0.2, -0.15) is 5.26 Å². The molecule has 1 N–H and O–H groups in total. The van der Waals surface area contributed by atoms with Crippen LogP contribution in [0.3, 0.4) is 0 Å². The molecule has 96 valence electrons. The van der Waals surface area contributed by atoms with Crippen LogP contribution in [0.25, 0.3) is 0 Å². The maximum absolute atomic E-state index is 13.0. The normalized spacial score (nSPS) is 21.6. The Labute approximate surface area is 105 Å². The van der Waals surface area contributed by atoms with E-state index in [4.69, 9.17) is 14.7 Å². The molecule has 0 radical (unpaired) electrons. The minimum Gasteiger partial charge on any atom is -0.381 e. The van der Waals surface area contributed by atoms with Crippen molar-refractivity contribution in [3.05, 3.63) is 29.6 Å². The van der Waals surface area contributed by atoms with Crippen molar-refractivity contribution >= 4 is 5.69 Å². The average molecular weight is 250 g/mol. The van der Waals surface area contributed by atoms with E-state index >= 15 is 0 Å². The first kappa shape index (κ1) is 12.8. The van der Waals surface area contributed by atoms with E-state index in [1.165, 1.54) is 12.1 Å². The van der Waals surface area contributed by atoms with Crippen molar-refractivity contribution in [3.63, 3.8) is 0 Å². The van der Waals surface area contributed by atoms with Gasteiger partial charge >= 0.3 is 0 Å². The van der Waals surface area contributed by atoms with Gasteiger partial charge in [0.15, 0.2) is 5.79 Å². The van der Waals surface area contributed by atoms with Crippen LogP contribution in [-0.2, 0) is 9.47 Å². The molecule has 0 spiro atoms. The predicted molar refractivity (Wildman–Crippen MR) is 64.5 cm³/mol. The van der Waals surface area contributed by atoms with Crippen molar-refractivity contribution < 1.29 is 13.9 Å². The molecule has 0 aliphatic carbocycles. The Hall–Kier alpha value is -1.64. The highest BCUT2D eigenvalue weighted by molar-refractivity contribution is 5.57. The van der Waals surface area contributed by atoms with Crippen LogP contribution in [0, 0.1) is 17.1 Å². The Morgan fingerprint density at radius 2 is 2.33 bits per heavy atom. The summed E-state index contributed by atoms with van der Waals surface area (Å²) >= 11 is 0. The van der Waals surface area contributed by atoms with Gasteiger partial charge in [-0.25, -0.2) is 4.39 Å². The summed E-state index contributed by atoms with van der Waals surface area (Å²) in [5.41, 5.74) is 0.889. The fraction of sp³-hybridized carbons (Fsp3) is 0.462. The van der Waals surface area contributed by atoms with Gasteiger partial charge in [-0.15, -0.1) is 0 Å². The number of anilines is 1. The number of hydrogen-bond acceptors (Lipinski definition) is 4. The molecule has 1 aromatic rings. The number of ether oxygens (including phenoxy) is 2. The molecule has 5 heteroatoms. The molecule has 1 aromatic carbocycles. The van der Waals surface area contributed by atoms with E-state index in [9.17, 15) is 4.39 Å². The quantitative estimate of drug-likeness (QED) is 0.894. The first-order chi connectivity index (χ1) is 8.50. The molecule has 1 heterocycles. The average Bonchev–Trinajstić information content (AvgIpc) is 2.67. The zero-order chi connectivity index (χ0) is 13.2. The summed E-state index contributed by atoms with van der Waals surface area (Å²) in [7, 11) is 0. The Kier molecular flexibility index (Phi) is 3.50. The zero-order valence-electron chi connectivity index (χ0n) is 10.4. The highest BCUT2D eigenvalue weighted by Gasteiger charge is 2.32. The molecule has 0 aromatic heterocycles. The van der Waals surface area contributed by atoms with E-state index < -0.39 is 11.6 Å². The van der Waals surface area contributed by atoms with Gasteiger partial charge in [0.2, 0.25) is 0 Å². The lowest BCUT2D eigenvalue weighted by molar-refractivity contribution is -0.136. The number of halogens is 1. The molecular weight excluding hydrogens is 235 g/mol. The topological polar surface area (TPSA) is 54.3 Å². The summed E-state index contributed by atoms with van der Waals surface area (Å²) in [6, 6.07) is 6.03. The van der Waals surface area contributed by atoms with Crippen molar-refractivity contribution in [3.8, 4) is 6.07 Å². The number of rotatable bonds is 3. The van der Waals surface area contributed by atoms with Crippen LogP contribution in [0.2, 0.25) is 0 Å². The third-order valence-corrected chi connectivity index (χ3v) is 2.69. The third kappa shape index (κ3) is 2.97. The second-order valence-electron chi connectivity index (χ2n) is 4.63. The van der Waals surface area contributed by atoms with Gasteiger partial charge in [0.25, 0.3) is 0 Å². The molecule has 1 unspecified atom stereocenters. The smallest absolute Gasteiger partial charge is 0.163 e. The number of nitriles is 1. The second kappa shape index (κ2) is 4.92. The lowest BCUT2D eigenvalue weighted by atomic mass is 10.2. The first-order valence-corrected chi connectivity index (χ1v) is 5.75. The molecular formula is C13H15FN2O2. The van der Waals surface area contributed by atoms with Crippen LogP contribution in [0.5, 0.6) is 0 Å². The minimum atomic E-state index is -0.562. The highest BCUT2D eigenvalue weighted by Crippen LogP contribution is 2.23. The summed E-state index contributed by atoms with van der Waals surface area (Å²) in [5.74, 6) is -0.980. The summed E-state index contributed by atoms with van der Waals surface area (Å²) in [6.45, 7) is 4.73. The third-order valence-electron chi connectivity index (χ3n) is 2.69. The summed E-state index contributed by atoms with van der Waals surface area (Å²) in [6.07, 6.45) is -0.0726. The lowest BCUT2D eigenvalue weighted by Crippen LogP contribution is -2.26. The summed E-state index contributed by atoms with van der Waals surface area (Å²) < 4.78 is 24.0. The molecule has 1 aliphatic rings. The number of hydrogen-bond donors (Lipinski definition) is 1. The fourth-order valence-electron chi connectivity index (χ4n) is 1.85.